The molecule has 1 heterocycles. The minimum Gasteiger partial charge on any atom is -0.431 e. The van der Waals surface area contributed by atoms with Crippen LogP contribution >= 0.6 is 11.8 Å². The Hall–Kier alpha value is -1.21. The summed E-state index contributed by atoms with van der Waals surface area (Å²) in [5.41, 5.74) is 7.84. The van der Waals surface area contributed by atoms with E-state index in [1.165, 1.54) is 18.0 Å². The van der Waals surface area contributed by atoms with Crippen molar-refractivity contribution in [2.24, 2.45) is 0 Å². The number of benzene rings is 1. The molecule has 0 bridgehead atoms. The molecule has 2 atom stereocenters. The van der Waals surface area contributed by atoms with Crippen molar-refractivity contribution in [2.75, 3.05) is 12.0 Å². The molecule has 0 radical (unpaired) electrons. The van der Waals surface area contributed by atoms with E-state index in [2.05, 4.69) is 4.98 Å². The number of hydrogen-bond acceptors (Lipinski definition) is 6. The number of anilines is 1. The number of nitrogens with two attached hydrogens (primary N) is 1. The van der Waals surface area contributed by atoms with Gasteiger partial charge in [-0.1, -0.05) is 18.2 Å². The fraction of sp³-hybridized carbons (Fsp3) is 0.500. The Morgan fingerprint density at radius 1 is 1.38 bits per heavy atom. The van der Waals surface area contributed by atoms with E-state index in [1.54, 1.807) is 12.1 Å². The van der Waals surface area contributed by atoms with Crippen LogP contribution in [0.5, 0.6) is 0 Å². The lowest BCUT2D eigenvalue weighted by Gasteiger charge is -2.26. The second kappa shape index (κ2) is 5.53. The van der Waals surface area contributed by atoms with Crippen LogP contribution in [0.4, 0.5) is 5.69 Å². The Morgan fingerprint density at radius 2 is 2.19 bits per heavy atom. The zero-order valence-electron chi connectivity index (χ0n) is 11.8. The SMILES string of the molecule is CS(=O)(=O)C1CCCC(Sc2nc3cc(N)ccc3o2)C1. The standard InChI is InChI=1S/C14H18N2O3S2/c1-21(17,18)11-4-2-3-10(8-11)20-14-16-12-7-9(15)5-6-13(12)19-14/h5-7,10-11H,2-4,8,15H2,1H3. The number of oxazole rings is 1. The molecule has 3 rings (SSSR count). The van der Waals surface area contributed by atoms with E-state index in [4.69, 9.17) is 10.2 Å². The van der Waals surface area contributed by atoms with E-state index >= 15 is 0 Å². The predicted molar refractivity (Wildman–Crippen MR) is 85.2 cm³/mol. The minimum atomic E-state index is -2.96. The van der Waals surface area contributed by atoms with Crippen LogP contribution in [0.2, 0.25) is 0 Å². The second-order valence-electron chi connectivity index (χ2n) is 5.56. The first-order chi connectivity index (χ1) is 9.91. The largest absolute Gasteiger partial charge is 0.431 e. The highest BCUT2D eigenvalue weighted by Crippen LogP contribution is 2.36. The summed E-state index contributed by atoms with van der Waals surface area (Å²) in [4.78, 5) is 4.42. The number of fused-ring (bicyclic) bond motifs is 1. The van der Waals surface area contributed by atoms with Gasteiger partial charge >= 0.3 is 0 Å². The first-order valence-electron chi connectivity index (χ1n) is 6.93. The molecule has 1 aromatic heterocycles. The second-order valence-corrected chi connectivity index (χ2v) is 9.14. The molecule has 7 heteroatoms. The van der Waals surface area contributed by atoms with E-state index in [0.29, 0.717) is 22.9 Å². The first kappa shape index (κ1) is 14.7. The average Bonchev–Trinajstić information content (AvgIpc) is 2.79. The first-order valence-corrected chi connectivity index (χ1v) is 9.77. The molecule has 0 saturated heterocycles. The molecule has 21 heavy (non-hydrogen) atoms. The number of thioether (sulfide) groups is 1. The summed E-state index contributed by atoms with van der Waals surface area (Å²) in [6.07, 6.45) is 4.69. The molecule has 2 unspecified atom stereocenters. The molecule has 0 amide bonds. The van der Waals surface area contributed by atoms with Gasteiger partial charge in [0.15, 0.2) is 5.58 Å². The highest BCUT2D eigenvalue weighted by Gasteiger charge is 2.30. The number of nitrogens with zero attached hydrogens (tertiary/aromatic N) is 1. The molecule has 1 saturated carbocycles. The third kappa shape index (κ3) is 3.35. The van der Waals surface area contributed by atoms with Crippen LogP contribution in [0.25, 0.3) is 11.1 Å². The molecule has 1 aliphatic rings. The maximum atomic E-state index is 11.7. The minimum absolute atomic E-state index is 0.233. The lowest BCUT2D eigenvalue weighted by atomic mass is 10.00. The number of sulfone groups is 1. The fourth-order valence-corrected chi connectivity index (χ4v) is 5.20. The summed E-state index contributed by atoms with van der Waals surface area (Å²) >= 11 is 1.53. The van der Waals surface area contributed by atoms with E-state index < -0.39 is 9.84 Å². The average molecular weight is 326 g/mol. The van der Waals surface area contributed by atoms with Gasteiger partial charge in [-0.2, -0.15) is 0 Å². The molecule has 1 aliphatic carbocycles. The van der Waals surface area contributed by atoms with Crippen molar-refractivity contribution in [3.05, 3.63) is 18.2 Å². The van der Waals surface area contributed by atoms with Crippen molar-refractivity contribution in [3.63, 3.8) is 0 Å². The lowest BCUT2D eigenvalue weighted by Crippen LogP contribution is -2.28. The predicted octanol–water partition coefficient (Wildman–Crippen LogP) is 2.86. The Morgan fingerprint density at radius 3 is 2.95 bits per heavy atom. The van der Waals surface area contributed by atoms with E-state index in [9.17, 15) is 8.42 Å². The van der Waals surface area contributed by atoms with Gasteiger partial charge < -0.3 is 10.2 Å². The zero-order valence-corrected chi connectivity index (χ0v) is 13.4. The van der Waals surface area contributed by atoms with Gasteiger partial charge in [-0.05, 0) is 37.5 Å². The van der Waals surface area contributed by atoms with Crippen LogP contribution in [0.3, 0.4) is 0 Å². The van der Waals surface area contributed by atoms with Crippen LogP contribution in [-0.4, -0.2) is 30.2 Å². The molecule has 1 aromatic carbocycles. The number of hydrogen-bond donors (Lipinski definition) is 1. The lowest BCUT2D eigenvalue weighted by molar-refractivity contribution is 0.472. The number of rotatable bonds is 3. The molecular weight excluding hydrogens is 308 g/mol. The summed E-state index contributed by atoms with van der Waals surface area (Å²) in [5, 5.41) is 0.599. The maximum absolute atomic E-state index is 11.7. The van der Waals surface area contributed by atoms with Crippen LogP contribution in [0.1, 0.15) is 25.7 Å². The summed E-state index contributed by atoms with van der Waals surface area (Å²) in [7, 11) is -2.96. The Bertz CT molecular complexity index is 755. The molecule has 1 fully saturated rings. The highest BCUT2D eigenvalue weighted by molar-refractivity contribution is 7.99. The molecule has 114 valence electrons. The van der Waals surface area contributed by atoms with Gasteiger partial charge in [0.1, 0.15) is 15.4 Å². The van der Waals surface area contributed by atoms with Crippen molar-refractivity contribution >= 4 is 38.4 Å². The molecule has 5 nitrogen and oxygen atoms in total. The third-order valence-electron chi connectivity index (χ3n) is 3.84. The number of nitrogen functional groups attached to an aromatic ring is 1. The highest BCUT2D eigenvalue weighted by atomic mass is 32.2. The molecule has 2 N–H and O–H groups in total. The summed E-state index contributed by atoms with van der Waals surface area (Å²) < 4.78 is 29.1. The Balaban J connectivity index is 1.75. The topological polar surface area (TPSA) is 86.2 Å². The normalized spacial score (nSPS) is 23.5. The third-order valence-corrected chi connectivity index (χ3v) is 6.62. The van der Waals surface area contributed by atoms with E-state index in [1.807, 2.05) is 6.07 Å². The van der Waals surface area contributed by atoms with Crippen LogP contribution in [0, 0.1) is 0 Å². The smallest absolute Gasteiger partial charge is 0.257 e. The monoisotopic (exact) mass is 326 g/mol. The molecule has 0 spiro atoms. The van der Waals surface area contributed by atoms with Crippen LogP contribution in [-0.2, 0) is 9.84 Å². The van der Waals surface area contributed by atoms with Gasteiger partial charge in [0, 0.05) is 17.2 Å². The van der Waals surface area contributed by atoms with Gasteiger partial charge in [0.25, 0.3) is 5.22 Å². The van der Waals surface area contributed by atoms with Crippen molar-refractivity contribution < 1.29 is 12.8 Å². The Kier molecular flexibility index (Phi) is 3.88. The molecule has 0 aliphatic heterocycles. The molecule has 2 aromatic rings. The van der Waals surface area contributed by atoms with Gasteiger partial charge in [-0.25, -0.2) is 13.4 Å². The quantitative estimate of drug-likeness (QED) is 0.873. The van der Waals surface area contributed by atoms with Crippen molar-refractivity contribution in [2.45, 2.75) is 41.4 Å². The summed E-state index contributed by atoms with van der Waals surface area (Å²) in [6.45, 7) is 0. The van der Waals surface area contributed by atoms with Gasteiger partial charge in [-0.15, -0.1) is 0 Å². The summed E-state index contributed by atoms with van der Waals surface area (Å²) in [6, 6.07) is 5.37. The fourth-order valence-electron chi connectivity index (χ4n) is 2.71. The van der Waals surface area contributed by atoms with Crippen molar-refractivity contribution in [1.82, 2.24) is 4.98 Å². The van der Waals surface area contributed by atoms with Gasteiger partial charge in [0.05, 0.1) is 5.25 Å². The van der Waals surface area contributed by atoms with E-state index in [-0.39, 0.29) is 10.5 Å². The van der Waals surface area contributed by atoms with Crippen molar-refractivity contribution in [1.29, 1.82) is 0 Å². The van der Waals surface area contributed by atoms with Crippen molar-refractivity contribution in [3.8, 4) is 0 Å². The van der Waals surface area contributed by atoms with E-state index in [0.717, 1.165) is 24.8 Å². The van der Waals surface area contributed by atoms with Gasteiger partial charge in [0.2, 0.25) is 0 Å². The van der Waals surface area contributed by atoms with Crippen LogP contribution in [0.15, 0.2) is 27.8 Å². The number of aromatic nitrogens is 1. The maximum Gasteiger partial charge on any atom is 0.257 e. The molecular formula is C14H18N2O3S2. The zero-order chi connectivity index (χ0) is 15.0. The Labute approximate surface area is 128 Å². The van der Waals surface area contributed by atoms with Crippen LogP contribution < -0.4 is 5.73 Å². The summed E-state index contributed by atoms with van der Waals surface area (Å²) in [5.74, 6) is 0. The van der Waals surface area contributed by atoms with Gasteiger partial charge in [-0.3, -0.25) is 0 Å².